The van der Waals surface area contributed by atoms with E-state index in [1.54, 1.807) is 23.1 Å². The Morgan fingerprint density at radius 3 is 2.39 bits per heavy atom. The predicted molar refractivity (Wildman–Crippen MR) is 129 cm³/mol. The molecule has 31 heavy (non-hydrogen) atoms. The van der Waals surface area contributed by atoms with Crippen molar-refractivity contribution in [2.24, 2.45) is 0 Å². The first-order valence-corrected chi connectivity index (χ1v) is 11.5. The predicted octanol–water partition coefficient (Wildman–Crippen LogP) is 6.63. The number of aryl methyl sites for hydroxylation is 1. The molecule has 0 spiro atoms. The zero-order chi connectivity index (χ0) is 21.7. The van der Waals surface area contributed by atoms with Crippen molar-refractivity contribution in [3.05, 3.63) is 108 Å². The lowest BCUT2D eigenvalue weighted by atomic mass is 9.97. The number of benzene rings is 3. The molecule has 1 aromatic heterocycles. The molecule has 1 aliphatic rings. The van der Waals surface area contributed by atoms with Gasteiger partial charge in [0.15, 0.2) is 5.43 Å². The number of hydrogen-bond donors (Lipinski definition) is 0. The molecule has 4 nitrogen and oxygen atoms in total. The van der Waals surface area contributed by atoms with Crippen LogP contribution in [-0.2, 0) is 6.42 Å². The summed E-state index contributed by atoms with van der Waals surface area (Å²) in [6.45, 7) is 2.09. The highest BCUT2D eigenvalue weighted by atomic mass is 79.9. The van der Waals surface area contributed by atoms with Crippen molar-refractivity contribution in [3.63, 3.8) is 0 Å². The highest BCUT2D eigenvalue weighted by Crippen LogP contribution is 2.41. The normalized spacial score (nSPS) is 15.5. The molecule has 0 aliphatic carbocycles. The first kappa shape index (κ1) is 20.2. The number of fused-ring (bicyclic) bond motifs is 2. The van der Waals surface area contributed by atoms with E-state index >= 15 is 0 Å². The van der Waals surface area contributed by atoms with Crippen molar-refractivity contribution in [2.75, 3.05) is 4.90 Å². The fraction of sp³-hybridized carbons (Fsp3) is 0.120. The Bertz CT molecular complexity index is 1390. The lowest BCUT2D eigenvalue weighted by Crippen LogP contribution is -2.29. The molecule has 4 aromatic rings. The molecule has 6 heteroatoms. The summed E-state index contributed by atoms with van der Waals surface area (Å²) in [6, 6.07) is 20.2. The summed E-state index contributed by atoms with van der Waals surface area (Å²) in [5.74, 6) is -0.219. The number of rotatable bonds is 3. The number of nitrogens with zero attached hydrogens (tertiary/aromatic N) is 1. The number of hydrogen-bond acceptors (Lipinski definition) is 3. The Hall–Kier alpha value is -2.70. The number of anilines is 1. The van der Waals surface area contributed by atoms with Crippen LogP contribution in [0.3, 0.4) is 0 Å². The van der Waals surface area contributed by atoms with E-state index < -0.39 is 6.04 Å². The molecule has 3 aromatic carbocycles. The van der Waals surface area contributed by atoms with Crippen molar-refractivity contribution in [3.8, 4) is 0 Å². The van der Waals surface area contributed by atoms with Crippen LogP contribution in [0.15, 0.2) is 84.9 Å². The topological polar surface area (TPSA) is 50.5 Å². The van der Waals surface area contributed by atoms with Crippen molar-refractivity contribution in [1.29, 1.82) is 0 Å². The van der Waals surface area contributed by atoms with Gasteiger partial charge in [0.05, 0.1) is 17.0 Å². The van der Waals surface area contributed by atoms with Gasteiger partial charge in [-0.25, -0.2) is 0 Å². The third-order valence-electron chi connectivity index (χ3n) is 5.62. The molecule has 1 amide bonds. The second-order valence-electron chi connectivity index (χ2n) is 7.47. The minimum Gasteiger partial charge on any atom is -0.450 e. The fourth-order valence-corrected chi connectivity index (χ4v) is 4.84. The maximum absolute atomic E-state index is 13.6. The molecule has 154 valence electrons. The smallest absolute Gasteiger partial charge is 0.295 e. The van der Waals surface area contributed by atoms with Crippen LogP contribution < -0.4 is 10.3 Å². The monoisotopic (exact) mass is 537 g/mol. The minimum atomic E-state index is -0.567. The van der Waals surface area contributed by atoms with E-state index in [-0.39, 0.29) is 17.1 Å². The molecule has 5 rings (SSSR count). The molecule has 0 saturated carbocycles. The second-order valence-corrected chi connectivity index (χ2v) is 9.30. The van der Waals surface area contributed by atoms with E-state index in [4.69, 9.17) is 4.42 Å². The van der Waals surface area contributed by atoms with Crippen molar-refractivity contribution in [2.45, 2.75) is 19.4 Å². The average Bonchev–Trinajstić information content (AvgIpc) is 3.07. The number of carbonyl (C=O) groups is 1. The first-order chi connectivity index (χ1) is 15.0. The molecule has 0 saturated heterocycles. The van der Waals surface area contributed by atoms with Gasteiger partial charge >= 0.3 is 0 Å². The van der Waals surface area contributed by atoms with E-state index in [0.29, 0.717) is 22.2 Å². The van der Waals surface area contributed by atoms with Gasteiger partial charge in [-0.05, 0) is 53.9 Å². The maximum atomic E-state index is 13.6. The van der Waals surface area contributed by atoms with Crippen LogP contribution >= 0.6 is 31.9 Å². The zero-order valence-corrected chi connectivity index (χ0v) is 19.7. The largest absolute Gasteiger partial charge is 0.450 e. The quantitative estimate of drug-likeness (QED) is 0.294. The molecular formula is C25H17Br2NO3. The van der Waals surface area contributed by atoms with Gasteiger partial charge in [0.2, 0.25) is 5.76 Å². The third kappa shape index (κ3) is 3.34. The Morgan fingerprint density at radius 2 is 1.68 bits per heavy atom. The van der Waals surface area contributed by atoms with Gasteiger partial charge in [0.1, 0.15) is 5.58 Å². The van der Waals surface area contributed by atoms with Gasteiger partial charge in [-0.1, -0.05) is 69.1 Å². The third-order valence-corrected chi connectivity index (χ3v) is 6.61. The summed E-state index contributed by atoms with van der Waals surface area (Å²) >= 11 is 6.92. The summed E-state index contributed by atoms with van der Waals surface area (Å²) in [5, 5.41) is 0.451. The molecule has 2 heterocycles. The van der Waals surface area contributed by atoms with Gasteiger partial charge in [-0.15, -0.1) is 0 Å². The average molecular weight is 539 g/mol. The van der Waals surface area contributed by atoms with Gasteiger partial charge in [0, 0.05) is 14.6 Å². The van der Waals surface area contributed by atoms with Crippen LogP contribution in [0.5, 0.6) is 0 Å². The lowest BCUT2D eigenvalue weighted by Gasteiger charge is -2.25. The van der Waals surface area contributed by atoms with Crippen molar-refractivity contribution >= 4 is 54.4 Å². The number of carbonyl (C=O) groups excluding carboxylic acids is 1. The van der Waals surface area contributed by atoms with E-state index in [2.05, 4.69) is 38.8 Å². The zero-order valence-electron chi connectivity index (χ0n) is 16.6. The number of halogens is 2. The van der Waals surface area contributed by atoms with Gasteiger partial charge in [0.25, 0.3) is 5.91 Å². The van der Waals surface area contributed by atoms with Crippen molar-refractivity contribution in [1.82, 2.24) is 0 Å². The summed E-state index contributed by atoms with van der Waals surface area (Å²) in [6.07, 6.45) is 0.913. The molecule has 1 aliphatic heterocycles. The molecule has 1 atom stereocenters. The van der Waals surface area contributed by atoms with Crippen LogP contribution in [0, 0.1) is 0 Å². The molecule has 0 radical (unpaired) electrons. The second kappa shape index (κ2) is 7.77. The van der Waals surface area contributed by atoms with E-state index in [1.165, 1.54) is 5.56 Å². The minimum absolute atomic E-state index is 0.101. The SMILES string of the molecule is CCc1ccc(C2c3c(oc4ccc(Br)cc4c3=O)C(=O)N2c2cccc(Br)c2)cc1. The van der Waals surface area contributed by atoms with E-state index in [1.807, 2.05) is 48.5 Å². The number of amides is 1. The van der Waals surface area contributed by atoms with E-state index in [0.717, 1.165) is 20.9 Å². The molecule has 0 fully saturated rings. The van der Waals surface area contributed by atoms with E-state index in [9.17, 15) is 9.59 Å². The Balaban J connectivity index is 1.80. The molecule has 0 bridgehead atoms. The van der Waals surface area contributed by atoms with Gasteiger partial charge < -0.3 is 4.42 Å². The lowest BCUT2D eigenvalue weighted by molar-refractivity contribution is 0.0971. The van der Waals surface area contributed by atoms with Crippen LogP contribution in [-0.4, -0.2) is 5.91 Å². The van der Waals surface area contributed by atoms with Crippen LogP contribution in [0.4, 0.5) is 5.69 Å². The van der Waals surface area contributed by atoms with Crippen LogP contribution in [0.1, 0.15) is 40.2 Å². The Kier molecular flexibility index (Phi) is 5.07. The summed E-state index contributed by atoms with van der Waals surface area (Å²) in [4.78, 5) is 28.8. The summed E-state index contributed by atoms with van der Waals surface area (Å²) < 4.78 is 7.64. The summed E-state index contributed by atoms with van der Waals surface area (Å²) in [7, 11) is 0. The highest BCUT2D eigenvalue weighted by Gasteiger charge is 2.43. The van der Waals surface area contributed by atoms with Gasteiger partial charge in [-0.3, -0.25) is 14.5 Å². The Morgan fingerprint density at radius 1 is 0.935 bits per heavy atom. The first-order valence-electron chi connectivity index (χ1n) is 9.92. The van der Waals surface area contributed by atoms with Crippen LogP contribution in [0.25, 0.3) is 11.0 Å². The van der Waals surface area contributed by atoms with Gasteiger partial charge in [-0.2, -0.15) is 0 Å². The molecule has 0 N–H and O–H groups in total. The molecular weight excluding hydrogens is 522 g/mol. The molecule has 1 unspecified atom stereocenters. The van der Waals surface area contributed by atoms with Crippen LogP contribution in [0.2, 0.25) is 0 Å². The fourth-order valence-electron chi connectivity index (χ4n) is 4.09. The summed E-state index contributed by atoms with van der Waals surface area (Å²) in [5.41, 5.74) is 3.34. The van der Waals surface area contributed by atoms with Crippen molar-refractivity contribution < 1.29 is 9.21 Å². The standard InChI is InChI=1S/C25H17Br2NO3/c1-2-14-6-8-15(9-7-14)22-21-23(29)19-13-17(27)10-11-20(19)31-24(21)25(30)28(22)18-5-3-4-16(26)12-18/h3-13,22H,2H2,1H3. The maximum Gasteiger partial charge on any atom is 0.295 e. The Labute approximate surface area is 195 Å². The highest BCUT2D eigenvalue weighted by molar-refractivity contribution is 9.10.